The zero-order valence-corrected chi connectivity index (χ0v) is 22.8. The first-order chi connectivity index (χ1) is 21.3. The summed E-state index contributed by atoms with van der Waals surface area (Å²) in [4.78, 5) is 9.53. The van der Waals surface area contributed by atoms with Crippen LogP contribution >= 0.6 is 0 Å². The van der Waals surface area contributed by atoms with Gasteiger partial charge in [0.15, 0.2) is 5.69 Å². The normalized spacial score (nSPS) is 16.1. The van der Waals surface area contributed by atoms with Crippen LogP contribution in [0.15, 0.2) is 71.9 Å². The highest BCUT2D eigenvalue weighted by Gasteiger charge is 2.44. The highest BCUT2D eigenvalue weighted by molar-refractivity contribution is 6.27. The summed E-state index contributed by atoms with van der Waals surface area (Å²) in [5.74, 6) is 0. The first-order valence-corrected chi connectivity index (χ1v) is 12.7. The highest BCUT2D eigenvalue weighted by atomic mass is 19.4. The van der Waals surface area contributed by atoms with Gasteiger partial charge in [-0.2, -0.15) is 36.9 Å². The van der Waals surface area contributed by atoms with Crippen LogP contribution in [-0.4, -0.2) is 12.4 Å². The lowest BCUT2D eigenvalue weighted by atomic mass is 9.89. The third-order valence-electron chi connectivity index (χ3n) is 7.28. The molecule has 0 radical (unpaired) electrons. The Bertz CT molecular complexity index is 2190. The fraction of sp³-hybridized carbons (Fsp3) is 0.0882. The van der Waals surface area contributed by atoms with Crippen molar-refractivity contribution >= 4 is 39.2 Å². The fourth-order valence-electron chi connectivity index (χ4n) is 5.54. The van der Waals surface area contributed by atoms with Crippen LogP contribution in [0.1, 0.15) is 38.9 Å². The fourth-order valence-corrected chi connectivity index (χ4v) is 5.54. The van der Waals surface area contributed by atoms with Crippen LogP contribution in [0.2, 0.25) is 0 Å². The third-order valence-corrected chi connectivity index (χ3v) is 7.28. The van der Waals surface area contributed by atoms with Gasteiger partial charge in [0.2, 0.25) is 5.70 Å². The standard InChI is InChI=1S/C34H13F6N5/c1-17-8-10-22-24(12-17)31(44-3)28(29(22)26(16-42)33(35,36)37)19-7-5-6-18(13-19)27-25(15-41)23-14-20(43-2)9-11-21(23)30(27)32(45-4)34(38,39)40/h5-14H,1H3/b29-26-,32-30+. The Labute approximate surface area is 252 Å². The van der Waals surface area contributed by atoms with Crippen LogP contribution in [0.25, 0.3) is 48.1 Å². The number of fused-ring (bicyclic) bond motifs is 2. The van der Waals surface area contributed by atoms with Crippen LogP contribution in [0, 0.1) is 49.3 Å². The number of aryl methyl sites for hydroxylation is 1. The predicted molar refractivity (Wildman–Crippen MR) is 154 cm³/mol. The van der Waals surface area contributed by atoms with E-state index in [9.17, 15) is 36.9 Å². The molecule has 5 nitrogen and oxygen atoms in total. The zero-order valence-electron chi connectivity index (χ0n) is 22.8. The number of nitrogens with zero attached hydrogens (tertiary/aromatic N) is 5. The van der Waals surface area contributed by atoms with Crippen molar-refractivity contribution < 1.29 is 26.3 Å². The molecule has 0 atom stereocenters. The maximum atomic E-state index is 14.2. The predicted octanol–water partition coefficient (Wildman–Crippen LogP) is 9.83. The van der Waals surface area contributed by atoms with E-state index in [4.69, 9.17) is 19.7 Å². The second-order valence-electron chi connectivity index (χ2n) is 9.86. The number of halogens is 6. The molecule has 0 unspecified atom stereocenters. The molecule has 2 aliphatic rings. The van der Waals surface area contributed by atoms with E-state index in [1.165, 1.54) is 66.7 Å². The average Bonchev–Trinajstić information content (AvgIpc) is 3.48. The van der Waals surface area contributed by atoms with E-state index in [-0.39, 0.29) is 61.5 Å². The van der Waals surface area contributed by atoms with Gasteiger partial charge in [0, 0.05) is 11.1 Å². The molecule has 216 valence electrons. The SMILES string of the molecule is [C-]#[N+]C1=C(c2cccc(C3=C(C#N)c4cc([N+]#[C-])ccc4/C3=C(\[N+]#[C-])C(F)(F)F)c2)/C(=C(/C#N)C(F)(F)F)c2ccc(C)cc21. The van der Waals surface area contributed by atoms with E-state index in [1.807, 2.05) is 6.07 Å². The second-order valence-corrected chi connectivity index (χ2v) is 9.86. The van der Waals surface area contributed by atoms with E-state index in [2.05, 4.69) is 14.5 Å². The molecule has 2 aliphatic carbocycles. The number of nitriles is 2. The van der Waals surface area contributed by atoms with E-state index < -0.39 is 34.8 Å². The minimum absolute atomic E-state index is 0.00861. The summed E-state index contributed by atoms with van der Waals surface area (Å²) < 4.78 is 85.3. The first-order valence-electron chi connectivity index (χ1n) is 12.7. The largest absolute Gasteiger partial charge is 0.426 e. The molecule has 0 amide bonds. The Morgan fingerprint density at radius 2 is 1.36 bits per heavy atom. The number of hydrogen-bond donors (Lipinski definition) is 0. The number of benzene rings is 3. The van der Waals surface area contributed by atoms with Crippen LogP contribution in [0.4, 0.5) is 32.0 Å². The Balaban J connectivity index is 1.89. The summed E-state index contributed by atoms with van der Waals surface area (Å²) in [5.41, 5.74) is -4.79. The van der Waals surface area contributed by atoms with E-state index in [0.717, 1.165) is 0 Å². The van der Waals surface area contributed by atoms with Gasteiger partial charge in [-0.25, -0.2) is 14.5 Å². The zero-order chi connectivity index (χ0) is 32.8. The van der Waals surface area contributed by atoms with Gasteiger partial charge in [-0.1, -0.05) is 54.1 Å². The molecular weight excluding hydrogens is 592 g/mol. The minimum atomic E-state index is -5.14. The Kier molecular flexibility index (Phi) is 7.18. The molecule has 0 aliphatic heterocycles. The molecule has 0 fully saturated rings. The molecule has 0 heterocycles. The van der Waals surface area contributed by atoms with Crippen LogP contribution in [-0.2, 0) is 0 Å². The molecule has 0 aromatic heterocycles. The average molecular weight is 606 g/mol. The van der Waals surface area contributed by atoms with Gasteiger partial charge in [-0.3, -0.25) is 0 Å². The second kappa shape index (κ2) is 10.7. The van der Waals surface area contributed by atoms with Gasteiger partial charge in [0.05, 0.1) is 25.3 Å². The molecular formula is C34H13F6N5. The van der Waals surface area contributed by atoms with Crippen molar-refractivity contribution in [1.82, 2.24) is 0 Å². The van der Waals surface area contributed by atoms with Crippen LogP contribution in [0.3, 0.4) is 0 Å². The van der Waals surface area contributed by atoms with Gasteiger partial charge in [0.1, 0.15) is 17.7 Å². The Morgan fingerprint density at radius 3 is 1.91 bits per heavy atom. The summed E-state index contributed by atoms with van der Waals surface area (Å²) in [6.45, 7) is 24.2. The van der Waals surface area contributed by atoms with Crippen molar-refractivity contribution in [3.05, 3.63) is 145 Å². The summed E-state index contributed by atoms with van der Waals surface area (Å²) in [6, 6.07) is 16.4. The number of allylic oxidation sites excluding steroid dienone is 7. The molecule has 0 N–H and O–H groups in total. The van der Waals surface area contributed by atoms with Gasteiger partial charge in [-0.05, 0) is 63.6 Å². The molecule has 45 heavy (non-hydrogen) atoms. The minimum Gasteiger partial charge on any atom is -0.238 e. The van der Waals surface area contributed by atoms with Crippen LogP contribution in [0.5, 0.6) is 0 Å². The maximum absolute atomic E-state index is 14.2. The smallest absolute Gasteiger partial charge is 0.238 e. The Morgan fingerprint density at radius 1 is 0.711 bits per heavy atom. The lowest BCUT2D eigenvalue weighted by Gasteiger charge is -2.17. The topological polar surface area (TPSA) is 60.7 Å². The first kappa shape index (κ1) is 30.1. The van der Waals surface area contributed by atoms with Gasteiger partial charge in [-0.15, -0.1) is 0 Å². The number of rotatable bonds is 2. The number of hydrogen-bond acceptors (Lipinski definition) is 2. The molecule has 0 saturated heterocycles. The maximum Gasteiger partial charge on any atom is 0.426 e. The van der Waals surface area contributed by atoms with Crippen molar-refractivity contribution in [2.24, 2.45) is 0 Å². The van der Waals surface area contributed by atoms with Gasteiger partial charge in [0.25, 0.3) is 5.70 Å². The molecule has 0 saturated carbocycles. The van der Waals surface area contributed by atoms with E-state index in [1.54, 1.807) is 6.92 Å². The molecule has 11 heteroatoms. The molecule has 3 aromatic rings. The lowest BCUT2D eigenvalue weighted by Crippen LogP contribution is -2.13. The lowest BCUT2D eigenvalue weighted by molar-refractivity contribution is -0.0883. The number of alkyl halides is 6. The summed E-state index contributed by atoms with van der Waals surface area (Å²) in [7, 11) is 0. The van der Waals surface area contributed by atoms with E-state index in [0.29, 0.717) is 5.56 Å². The van der Waals surface area contributed by atoms with Crippen molar-refractivity contribution in [1.29, 1.82) is 10.5 Å². The summed E-state index contributed by atoms with van der Waals surface area (Å²) in [5, 5.41) is 19.8. The van der Waals surface area contributed by atoms with Gasteiger partial charge >= 0.3 is 12.4 Å². The monoisotopic (exact) mass is 605 g/mol. The van der Waals surface area contributed by atoms with Crippen molar-refractivity contribution in [2.45, 2.75) is 19.3 Å². The van der Waals surface area contributed by atoms with Crippen molar-refractivity contribution in [3.8, 4) is 12.1 Å². The molecule has 3 aromatic carbocycles. The van der Waals surface area contributed by atoms with Crippen molar-refractivity contribution in [2.75, 3.05) is 0 Å². The molecule has 5 rings (SSSR count). The van der Waals surface area contributed by atoms with Gasteiger partial charge < -0.3 is 0 Å². The molecule has 0 bridgehead atoms. The van der Waals surface area contributed by atoms with Crippen molar-refractivity contribution in [3.63, 3.8) is 0 Å². The van der Waals surface area contributed by atoms with E-state index >= 15 is 0 Å². The Hall–Kier alpha value is -6.35. The quantitative estimate of drug-likeness (QED) is 0.166. The summed E-state index contributed by atoms with van der Waals surface area (Å²) >= 11 is 0. The highest BCUT2D eigenvalue weighted by Crippen LogP contribution is 2.54. The molecule has 0 spiro atoms. The third kappa shape index (κ3) is 4.82. The summed E-state index contributed by atoms with van der Waals surface area (Å²) in [6.07, 6.45) is -10.3. The van der Waals surface area contributed by atoms with Crippen LogP contribution < -0.4 is 0 Å².